The molecule has 1 heterocycles. The third-order valence-corrected chi connectivity index (χ3v) is 6.97. The van der Waals surface area contributed by atoms with Crippen molar-refractivity contribution in [3.8, 4) is 0 Å². The van der Waals surface area contributed by atoms with E-state index in [1.165, 1.54) is 0 Å². The highest BCUT2D eigenvalue weighted by Crippen LogP contribution is 2.56. The first-order valence-corrected chi connectivity index (χ1v) is 10.1. The van der Waals surface area contributed by atoms with Crippen LogP contribution < -0.4 is 5.32 Å². The van der Waals surface area contributed by atoms with E-state index in [1.807, 2.05) is 26.8 Å². The maximum absolute atomic E-state index is 13.5. The third kappa shape index (κ3) is 3.09. The third-order valence-electron chi connectivity index (χ3n) is 6.97. The van der Waals surface area contributed by atoms with Crippen LogP contribution in [0.15, 0.2) is 22.8 Å². The van der Waals surface area contributed by atoms with Crippen LogP contribution in [0, 0.1) is 23.2 Å². The molecule has 150 valence electrons. The maximum atomic E-state index is 13.5. The number of aliphatic hydroxyl groups excluding tert-OH is 2. The molecule has 1 saturated heterocycles. The highest BCUT2D eigenvalue weighted by atomic mass is 16.3. The fourth-order valence-electron chi connectivity index (χ4n) is 5.62. The van der Waals surface area contributed by atoms with Crippen molar-refractivity contribution in [2.75, 3.05) is 0 Å². The highest BCUT2D eigenvalue weighted by Gasteiger charge is 2.67. The molecule has 27 heavy (non-hydrogen) atoms. The number of amides is 1. The first-order valence-electron chi connectivity index (χ1n) is 10.1. The van der Waals surface area contributed by atoms with Gasteiger partial charge in [-0.25, -0.2) is 0 Å². The molecule has 0 aromatic carbocycles. The van der Waals surface area contributed by atoms with Gasteiger partial charge in [-0.1, -0.05) is 31.1 Å². The van der Waals surface area contributed by atoms with Crippen molar-refractivity contribution in [3.05, 3.63) is 22.8 Å². The van der Waals surface area contributed by atoms with E-state index in [-0.39, 0.29) is 30.1 Å². The van der Waals surface area contributed by atoms with Crippen molar-refractivity contribution >= 4 is 11.7 Å². The Balaban J connectivity index is 2.22. The summed E-state index contributed by atoms with van der Waals surface area (Å²) >= 11 is 0. The molecule has 6 atom stereocenters. The van der Waals surface area contributed by atoms with E-state index in [4.69, 9.17) is 0 Å². The number of carbonyl (C=O) groups excluding carboxylic acids is 2. The van der Waals surface area contributed by atoms with Gasteiger partial charge in [0.2, 0.25) is 5.91 Å². The molecule has 1 spiro atoms. The Morgan fingerprint density at radius 2 is 1.81 bits per heavy atom. The Labute approximate surface area is 161 Å². The smallest absolute Gasteiger partial charge is 0.235 e. The van der Waals surface area contributed by atoms with Gasteiger partial charge in [0.25, 0.3) is 0 Å². The molecule has 0 radical (unpaired) electrons. The number of carbonyl (C=O) groups is 2. The number of allylic oxidation sites excluding steroid dienone is 1. The predicted molar refractivity (Wildman–Crippen MR) is 104 cm³/mol. The van der Waals surface area contributed by atoms with Crippen LogP contribution in [0.5, 0.6) is 0 Å². The summed E-state index contributed by atoms with van der Waals surface area (Å²) < 4.78 is 0. The fourth-order valence-corrected chi connectivity index (χ4v) is 5.62. The molecule has 0 bridgehead atoms. The Kier molecular flexibility index (Phi) is 5.39. The van der Waals surface area contributed by atoms with Crippen LogP contribution in [-0.2, 0) is 9.59 Å². The largest absolute Gasteiger partial charge is 0.392 e. The van der Waals surface area contributed by atoms with Crippen molar-refractivity contribution in [3.63, 3.8) is 0 Å². The fraction of sp³-hybridized carbons (Fsp3) is 0.727. The lowest BCUT2D eigenvalue weighted by Crippen LogP contribution is -2.56. The molecule has 0 aromatic rings. The van der Waals surface area contributed by atoms with Gasteiger partial charge < -0.3 is 15.5 Å². The van der Waals surface area contributed by atoms with Crippen LogP contribution >= 0.6 is 0 Å². The van der Waals surface area contributed by atoms with Crippen molar-refractivity contribution in [1.82, 2.24) is 5.32 Å². The summed E-state index contributed by atoms with van der Waals surface area (Å²) in [5, 5.41) is 24.6. The molecular weight excluding hydrogens is 342 g/mol. The summed E-state index contributed by atoms with van der Waals surface area (Å²) in [6.07, 6.45) is 1.97. The zero-order valence-corrected chi connectivity index (χ0v) is 17.1. The Bertz CT molecular complexity index is 707. The predicted octanol–water partition coefficient (Wildman–Crippen LogP) is 2.52. The minimum atomic E-state index is -1.29. The first-order chi connectivity index (χ1) is 12.6. The van der Waals surface area contributed by atoms with Crippen LogP contribution in [0.2, 0.25) is 0 Å². The molecule has 0 saturated carbocycles. The SMILES string of the molecule is CC1=C(C)[C@H]2[C@H](CC(C)C)NC(=O)[C@@]23C(=O)C[C@@H](O)C/C=C(/C)C[C@H]3[C@H]1O. The summed E-state index contributed by atoms with van der Waals surface area (Å²) in [5.41, 5.74) is 1.55. The monoisotopic (exact) mass is 375 g/mol. The van der Waals surface area contributed by atoms with Gasteiger partial charge in [-0.15, -0.1) is 0 Å². The van der Waals surface area contributed by atoms with E-state index in [9.17, 15) is 19.8 Å². The second kappa shape index (κ2) is 7.17. The molecule has 3 aliphatic rings. The molecule has 0 unspecified atom stereocenters. The minimum Gasteiger partial charge on any atom is -0.392 e. The second-order valence-corrected chi connectivity index (χ2v) is 9.24. The van der Waals surface area contributed by atoms with E-state index in [1.54, 1.807) is 0 Å². The lowest BCUT2D eigenvalue weighted by Gasteiger charge is -2.47. The topological polar surface area (TPSA) is 86.6 Å². The average molecular weight is 376 g/mol. The summed E-state index contributed by atoms with van der Waals surface area (Å²) in [4.78, 5) is 26.9. The zero-order valence-electron chi connectivity index (χ0n) is 17.1. The number of hydrogen-bond acceptors (Lipinski definition) is 4. The van der Waals surface area contributed by atoms with Crippen LogP contribution in [0.25, 0.3) is 0 Å². The van der Waals surface area contributed by atoms with Crippen LogP contribution in [-0.4, -0.2) is 40.2 Å². The quantitative estimate of drug-likeness (QED) is 0.511. The highest BCUT2D eigenvalue weighted by molar-refractivity contribution is 6.09. The Morgan fingerprint density at radius 1 is 1.15 bits per heavy atom. The number of hydrogen-bond donors (Lipinski definition) is 3. The number of Topliss-reactive ketones (excluding diaryl/α,β-unsaturated/α-hetero) is 1. The zero-order chi connectivity index (χ0) is 20.1. The molecule has 0 aromatic heterocycles. The van der Waals surface area contributed by atoms with Gasteiger partial charge in [-0.2, -0.15) is 0 Å². The molecule has 2 aliphatic carbocycles. The van der Waals surface area contributed by atoms with Gasteiger partial charge in [0.05, 0.1) is 12.2 Å². The lowest BCUT2D eigenvalue weighted by atomic mass is 9.53. The average Bonchev–Trinajstić information content (AvgIpc) is 2.88. The molecule has 5 heteroatoms. The Hall–Kier alpha value is -1.46. The van der Waals surface area contributed by atoms with E-state index in [2.05, 4.69) is 19.2 Å². The first kappa shape index (κ1) is 20.3. The number of rotatable bonds is 2. The van der Waals surface area contributed by atoms with E-state index in [0.717, 1.165) is 23.1 Å². The summed E-state index contributed by atoms with van der Waals surface area (Å²) in [5.74, 6) is -0.852. The molecule has 3 rings (SSSR count). The van der Waals surface area contributed by atoms with Crippen molar-refractivity contribution in [2.24, 2.45) is 23.2 Å². The van der Waals surface area contributed by atoms with Gasteiger partial charge in [0, 0.05) is 24.3 Å². The van der Waals surface area contributed by atoms with Gasteiger partial charge in [-0.3, -0.25) is 9.59 Å². The van der Waals surface area contributed by atoms with Crippen molar-refractivity contribution in [1.29, 1.82) is 0 Å². The number of ketones is 1. The lowest BCUT2D eigenvalue weighted by molar-refractivity contribution is -0.151. The van der Waals surface area contributed by atoms with Crippen LogP contribution in [0.3, 0.4) is 0 Å². The van der Waals surface area contributed by atoms with Crippen molar-refractivity contribution in [2.45, 2.75) is 78.6 Å². The molecule has 5 nitrogen and oxygen atoms in total. The Morgan fingerprint density at radius 3 is 2.44 bits per heavy atom. The second-order valence-electron chi connectivity index (χ2n) is 9.24. The van der Waals surface area contributed by atoms with Gasteiger partial charge in [0.15, 0.2) is 5.78 Å². The van der Waals surface area contributed by atoms with Crippen LogP contribution in [0.4, 0.5) is 0 Å². The van der Waals surface area contributed by atoms with Crippen LogP contribution in [0.1, 0.15) is 60.3 Å². The molecular formula is C22H33NO4. The summed E-state index contributed by atoms with van der Waals surface area (Å²) in [6, 6.07) is -0.117. The summed E-state index contributed by atoms with van der Waals surface area (Å²) in [7, 11) is 0. The van der Waals surface area contributed by atoms with Gasteiger partial charge in [0.1, 0.15) is 5.41 Å². The van der Waals surface area contributed by atoms with E-state index in [0.29, 0.717) is 18.8 Å². The van der Waals surface area contributed by atoms with Gasteiger partial charge >= 0.3 is 0 Å². The normalized spacial score (nSPS) is 41.9. The van der Waals surface area contributed by atoms with E-state index >= 15 is 0 Å². The van der Waals surface area contributed by atoms with Gasteiger partial charge in [-0.05, 0) is 51.5 Å². The molecule has 1 amide bonds. The summed E-state index contributed by atoms with van der Waals surface area (Å²) in [6.45, 7) is 10.1. The maximum Gasteiger partial charge on any atom is 0.235 e. The number of aliphatic hydroxyl groups is 2. The molecule has 3 N–H and O–H groups in total. The van der Waals surface area contributed by atoms with E-state index < -0.39 is 23.5 Å². The number of nitrogens with one attached hydrogen (secondary N) is 1. The standard InChI is InChI=1S/C22H33NO4/c1-11(2)8-17-19-13(4)14(5)20(26)16-9-12(3)6-7-15(24)10-18(25)22(16,19)21(27)23-17/h6,11,15-17,19-20,24,26H,7-10H2,1-5H3,(H,23,27)/b12-6-/t15-,16-,17-,19-,20-,22-/m0/s1. The molecule has 1 aliphatic heterocycles. The molecule has 1 fully saturated rings. The van der Waals surface area contributed by atoms with Crippen molar-refractivity contribution < 1.29 is 19.8 Å². The minimum absolute atomic E-state index is 0.0440.